The van der Waals surface area contributed by atoms with E-state index in [2.05, 4.69) is 77.8 Å². The lowest BCUT2D eigenvalue weighted by atomic mass is 9.67. The van der Waals surface area contributed by atoms with Gasteiger partial charge in [-0.3, -0.25) is 0 Å². The fourth-order valence-electron chi connectivity index (χ4n) is 7.84. The van der Waals surface area contributed by atoms with Gasteiger partial charge in [0, 0.05) is 12.6 Å². The Morgan fingerprint density at radius 3 is 2.41 bits per heavy atom. The van der Waals surface area contributed by atoms with E-state index in [9.17, 15) is 0 Å². The van der Waals surface area contributed by atoms with E-state index in [4.69, 9.17) is 0 Å². The summed E-state index contributed by atoms with van der Waals surface area (Å²) < 4.78 is 0. The standard InChI is InChI=1S/C36H37N/c1-2-12-29-25(6-1)14-15-33-32(29)16-17-34-35(22-27(23-36(33)34)24-7-3-8-24)31-13-4-9-26-18-20-37(21-19-30(26)31)28-10-5-11-28/h1-2,4,6,9,12-14,16-17,19,21,24,27-28H,3,5,7-8,10-11,15,18,20,22-23H2. The Bertz CT molecular complexity index is 1630. The molecule has 1 nitrogen and oxygen atoms in total. The molecule has 186 valence electrons. The normalized spacial score (nSPS) is 22.5. The maximum Gasteiger partial charge on any atom is 0.0284 e. The van der Waals surface area contributed by atoms with Crippen molar-refractivity contribution in [3.8, 4) is 0 Å². The number of rotatable bonds is 3. The summed E-state index contributed by atoms with van der Waals surface area (Å²) in [6.45, 7) is 1.16. The summed E-state index contributed by atoms with van der Waals surface area (Å²) in [6.07, 6.45) is 20.5. The Kier molecular flexibility index (Phi) is 5.20. The van der Waals surface area contributed by atoms with E-state index in [1.807, 2.05) is 0 Å². The lowest BCUT2D eigenvalue weighted by Gasteiger charge is -2.38. The van der Waals surface area contributed by atoms with Gasteiger partial charge in [-0.15, -0.1) is 0 Å². The van der Waals surface area contributed by atoms with Crippen molar-refractivity contribution in [1.82, 2.24) is 4.90 Å². The van der Waals surface area contributed by atoms with Crippen LogP contribution in [0, 0.1) is 22.3 Å². The molecule has 4 aliphatic carbocycles. The van der Waals surface area contributed by atoms with Crippen molar-refractivity contribution in [3.63, 3.8) is 0 Å². The molecule has 0 N–H and O–H groups in total. The maximum absolute atomic E-state index is 2.63. The maximum atomic E-state index is 2.63. The van der Waals surface area contributed by atoms with Gasteiger partial charge in [0.15, 0.2) is 0 Å². The van der Waals surface area contributed by atoms with Crippen LogP contribution < -0.4 is 10.4 Å². The highest BCUT2D eigenvalue weighted by atomic mass is 15.1. The summed E-state index contributed by atoms with van der Waals surface area (Å²) in [7, 11) is 0. The summed E-state index contributed by atoms with van der Waals surface area (Å²) in [5.41, 5.74) is 9.43. The zero-order valence-corrected chi connectivity index (χ0v) is 21.9. The molecule has 2 fully saturated rings. The predicted octanol–water partition coefficient (Wildman–Crippen LogP) is 6.25. The zero-order chi connectivity index (χ0) is 24.3. The van der Waals surface area contributed by atoms with E-state index in [0.717, 1.165) is 37.3 Å². The number of hydrogen-bond acceptors (Lipinski definition) is 1. The molecule has 0 amide bonds. The number of hydrogen-bond donors (Lipinski definition) is 0. The largest absolute Gasteiger partial charge is 0.374 e. The van der Waals surface area contributed by atoms with Gasteiger partial charge in [0.2, 0.25) is 0 Å². The van der Waals surface area contributed by atoms with Crippen LogP contribution in [0.25, 0.3) is 17.7 Å². The van der Waals surface area contributed by atoms with Crippen LogP contribution in [0.2, 0.25) is 0 Å². The Morgan fingerprint density at radius 1 is 0.703 bits per heavy atom. The van der Waals surface area contributed by atoms with Crippen molar-refractivity contribution in [2.24, 2.45) is 11.8 Å². The average molecular weight is 484 g/mol. The Balaban J connectivity index is 1.34. The quantitative estimate of drug-likeness (QED) is 0.425. The molecule has 0 aromatic heterocycles. The van der Waals surface area contributed by atoms with E-state index in [1.165, 1.54) is 83.7 Å². The second-order valence-corrected chi connectivity index (χ2v) is 12.2. The molecule has 1 heteroatoms. The summed E-state index contributed by atoms with van der Waals surface area (Å²) in [6, 6.07) is 21.8. The van der Waals surface area contributed by atoms with Crippen LogP contribution in [0.5, 0.6) is 0 Å². The van der Waals surface area contributed by atoms with Crippen LogP contribution in [-0.2, 0) is 19.3 Å². The molecule has 1 aliphatic heterocycles. The third kappa shape index (κ3) is 3.57. The van der Waals surface area contributed by atoms with Crippen LogP contribution in [0.3, 0.4) is 0 Å². The van der Waals surface area contributed by atoms with Crippen molar-refractivity contribution < 1.29 is 0 Å². The third-order valence-corrected chi connectivity index (χ3v) is 10.4. The number of fused-ring (bicyclic) bond motifs is 5. The van der Waals surface area contributed by atoms with Crippen molar-refractivity contribution in [2.75, 3.05) is 6.54 Å². The SMILES string of the molecule is C1=CN(C2CCC2)CCc2cccc(C3=c4ccc5c(c4CC(C4CCC4)C3)CC=c3ccccc3=5)c21. The first kappa shape index (κ1) is 22.0. The molecule has 0 radical (unpaired) electrons. The third-order valence-electron chi connectivity index (χ3n) is 10.4. The van der Waals surface area contributed by atoms with E-state index >= 15 is 0 Å². The summed E-state index contributed by atoms with van der Waals surface area (Å²) in [5.74, 6) is 1.70. The van der Waals surface area contributed by atoms with Gasteiger partial charge >= 0.3 is 0 Å². The van der Waals surface area contributed by atoms with Gasteiger partial charge in [0.25, 0.3) is 0 Å². The first-order chi connectivity index (χ1) is 18.3. The molecule has 8 rings (SSSR count). The summed E-state index contributed by atoms with van der Waals surface area (Å²) in [5, 5.41) is 5.85. The molecule has 0 bridgehead atoms. The molecular weight excluding hydrogens is 446 g/mol. The Hall–Kier alpha value is -3.06. The molecule has 5 aliphatic rings. The molecule has 1 unspecified atom stereocenters. The van der Waals surface area contributed by atoms with Crippen LogP contribution in [0.4, 0.5) is 0 Å². The molecule has 1 heterocycles. The van der Waals surface area contributed by atoms with E-state index in [0.29, 0.717) is 0 Å². The predicted molar refractivity (Wildman–Crippen MR) is 153 cm³/mol. The fraction of sp³-hybridized carbons (Fsp3) is 0.389. The van der Waals surface area contributed by atoms with Crippen LogP contribution >= 0.6 is 0 Å². The van der Waals surface area contributed by atoms with Crippen LogP contribution in [0.1, 0.15) is 72.8 Å². The average Bonchev–Trinajstić information content (AvgIpc) is 3.09. The monoisotopic (exact) mass is 483 g/mol. The van der Waals surface area contributed by atoms with Gasteiger partial charge in [-0.2, -0.15) is 0 Å². The Labute approximate surface area is 220 Å². The number of benzene rings is 3. The van der Waals surface area contributed by atoms with Gasteiger partial charge in [0.1, 0.15) is 0 Å². The molecule has 0 spiro atoms. The fourth-order valence-corrected chi connectivity index (χ4v) is 7.84. The van der Waals surface area contributed by atoms with Gasteiger partial charge in [0.05, 0.1) is 0 Å². The minimum Gasteiger partial charge on any atom is -0.374 e. The second-order valence-electron chi connectivity index (χ2n) is 12.2. The van der Waals surface area contributed by atoms with Crippen molar-refractivity contribution in [1.29, 1.82) is 0 Å². The lowest BCUT2D eigenvalue weighted by Crippen LogP contribution is -2.37. The topological polar surface area (TPSA) is 3.24 Å². The smallest absolute Gasteiger partial charge is 0.0284 e. The van der Waals surface area contributed by atoms with Crippen molar-refractivity contribution >= 4 is 17.7 Å². The highest BCUT2D eigenvalue weighted by Crippen LogP contribution is 2.42. The van der Waals surface area contributed by atoms with Gasteiger partial charge in [-0.05, 0) is 123 Å². The minimum atomic E-state index is 0.769. The first-order valence-corrected chi connectivity index (χ1v) is 14.8. The molecule has 37 heavy (non-hydrogen) atoms. The van der Waals surface area contributed by atoms with E-state index in [-0.39, 0.29) is 0 Å². The van der Waals surface area contributed by atoms with Crippen LogP contribution in [-0.4, -0.2) is 17.5 Å². The molecule has 2 saturated carbocycles. The van der Waals surface area contributed by atoms with Gasteiger partial charge < -0.3 is 4.90 Å². The molecule has 3 aromatic carbocycles. The molecule has 0 saturated heterocycles. The minimum absolute atomic E-state index is 0.769. The highest BCUT2D eigenvalue weighted by molar-refractivity contribution is 5.77. The second kappa shape index (κ2) is 8.76. The van der Waals surface area contributed by atoms with Crippen molar-refractivity contribution in [2.45, 2.75) is 70.3 Å². The summed E-state index contributed by atoms with van der Waals surface area (Å²) in [4.78, 5) is 2.63. The van der Waals surface area contributed by atoms with Crippen LogP contribution in [0.15, 0.2) is 60.8 Å². The lowest BCUT2D eigenvalue weighted by molar-refractivity contribution is 0.187. The van der Waals surface area contributed by atoms with Crippen molar-refractivity contribution in [3.05, 3.63) is 109 Å². The van der Waals surface area contributed by atoms with E-state index < -0.39 is 0 Å². The summed E-state index contributed by atoms with van der Waals surface area (Å²) >= 11 is 0. The number of nitrogens with zero attached hydrogens (tertiary/aromatic N) is 1. The molecule has 3 aromatic rings. The Morgan fingerprint density at radius 2 is 1.57 bits per heavy atom. The van der Waals surface area contributed by atoms with Gasteiger partial charge in [-0.1, -0.05) is 79.9 Å². The van der Waals surface area contributed by atoms with Gasteiger partial charge in [-0.25, -0.2) is 0 Å². The van der Waals surface area contributed by atoms with E-state index in [1.54, 1.807) is 21.9 Å². The zero-order valence-electron chi connectivity index (χ0n) is 21.9. The first-order valence-electron chi connectivity index (χ1n) is 14.8. The highest BCUT2D eigenvalue weighted by Gasteiger charge is 2.33. The molecule has 1 atom stereocenters. The molecular formula is C36H37N.